The lowest BCUT2D eigenvalue weighted by molar-refractivity contribution is -0.114. The third-order valence-electron chi connectivity index (χ3n) is 4.56. The van der Waals surface area contributed by atoms with E-state index in [1.165, 1.54) is 25.3 Å². The minimum Gasteiger partial charge on any atom is -0.493 e. The van der Waals surface area contributed by atoms with Crippen LogP contribution in [-0.2, 0) is 21.2 Å². The predicted octanol–water partition coefficient (Wildman–Crippen LogP) is 3.39. The summed E-state index contributed by atoms with van der Waals surface area (Å²) in [6.07, 6.45) is 3.58. The molecule has 0 saturated carbocycles. The van der Waals surface area contributed by atoms with E-state index in [1.54, 1.807) is 29.2 Å². The van der Waals surface area contributed by atoms with Gasteiger partial charge in [-0.15, -0.1) is 0 Å². The largest absolute Gasteiger partial charge is 0.493 e. The number of nitrogens with zero attached hydrogens (tertiary/aromatic N) is 1. The molecule has 0 aromatic heterocycles. The molecule has 30 heavy (non-hydrogen) atoms. The van der Waals surface area contributed by atoms with Gasteiger partial charge in [0.2, 0.25) is 10.0 Å². The Balaban J connectivity index is 1.82. The number of rotatable bonds is 6. The second kappa shape index (κ2) is 8.67. The quantitative estimate of drug-likeness (QED) is 0.680. The molecule has 0 atom stereocenters. The van der Waals surface area contributed by atoms with Gasteiger partial charge in [-0.1, -0.05) is 11.6 Å². The van der Waals surface area contributed by atoms with E-state index in [4.69, 9.17) is 26.2 Å². The van der Waals surface area contributed by atoms with Crippen LogP contribution in [0.15, 0.2) is 41.3 Å². The molecule has 1 heterocycles. The number of ether oxygens (including phenoxy) is 2. The zero-order chi connectivity index (χ0) is 22.1. The Hall–Kier alpha value is -2.55. The van der Waals surface area contributed by atoms with Crippen LogP contribution in [0.2, 0.25) is 5.02 Å². The fraction of sp³-hybridized carbons (Fsp3) is 0.286. The minimum absolute atomic E-state index is 0.0385. The maximum atomic E-state index is 12.7. The topological polar surface area (TPSA) is 98.9 Å². The summed E-state index contributed by atoms with van der Waals surface area (Å²) in [6.45, 7) is 4.24. The summed E-state index contributed by atoms with van der Waals surface area (Å²) in [7, 11) is -2.26. The van der Waals surface area contributed by atoms with Crippen molar-refractivity contribution >= 4 is 39.3 Å². The van der Waals surface area contributed by atoms with Crippen LogP contribution in [0.4, 0.5) is 5.69 Å². The van der Waals surface area contributed by atoms with Gasteiger partial charge in [0.15, 0.2) is 11.5 Å². The first-order valence-corrected chi connectivity index (χ1v) is 11.2. The third kappa shape index (κ3) is 4.77. The second-order valence-electron chi connectivity index (χ2n) is 7.11. The molecule has 0 saturated heterocycles. The van der Waals surface area contributed by atoms with Crippen LogP contribution in [0, 0.1) is 0 Å². The van der Waals surface area contributed by atoms with Crippen LogP contribution in [-0.4, -0.2) is 34.1 Å². The van der Waals surface area contributed by atoms with E-state index in [9.17, 15) is 13.2 Å². The van der Waals surface area contributed by atoms with Gasteiger partial charge in [0.1, 0.15) is 0 Å². The number of halogens is 1. The molecule has 0 unspecified atom stereocenters. The standard InChI is InChI=1S/C21H23ClN2O5S/c1-13(2)29-21-17(22)10-14(11-19(21)28-3)4-7-20(25)24-9-8-15-12-16(30(23,26)27)5-6-18(15)24/h4-7,10-13H,8-9H2,1-3H3,(H2,23,26,27)/b7-4+. The van der Waals surface area contributed by atoms with Gasteiger partial charge in [0, 0.05) is 18.3 Å². The van der Waals surface area contributed by atoms with Gasteiger partial charge in [-0.05, 0) is 67.8 Å². The Bertz CT molecular complexity index is 1110. The van der Waals surface area contributed by atoms with Crippen molar-refractivity contribution in [1.29, 1.82) is 0 Å². The van der Waals surface area contributed by atoms with Gasteiger partial charge in [-0.25, -0.2) is 13.6 Å². The molecule has 1 aliphatic heterocycles. The van der Waals surface area contributed by atoms with Crippen LogP contribution in [0.1, 0.15) is 25.0 Å². The number of anilines is 1. The fourth-order valence-corrected chi connectivity index (χ4v) is 4.06. The molecular formula is C21H23ClN2O5S. The highest BCUT2D eigenvalue weighted by atomic mass is 35.5. The Kier molecular flexibility index (Phi) is 6.40. The van der Waals surface area contributed by atoms with Crippen LogP contribution in [0.25, 0.3) is 6.08 Å². The van der Waals surface area contributed by atoms with Crippen molar-refractivity contribution in [2.24, 2.45) is 5.14 Å². The van der Waals surface area contributed by atoms with E-state index in [0.717, 1.165) is 5.56 Å². The normalized spacial score (nSPS) is 13.7. The molecule has 7 nitrogen and oxygen atoms in total. The molecule has 0 radical (unpaired) electrons. The number of hydrogen-bond acceptors (Lipinski definition) is 5. The van der Waals surface area contributed by atoms with Crippen LogP contribution in [0.5, 0.6) is 11.5 Å². The molecule has 2 N–H and O–H groups in total. The van der Waals surface area contributed by atoms with Crippen molar-refractivity contribution in [2.75, 3.05) is 18.6 Å². The number of carbonyl (C=O) groups is 1. The number of methoxy groups -OCH3 is 1. The summed E-state index contributed by atoms with van der Waals surface area (Å²) in [5.41, 5.74) is 2.13. The van der Waals surface area contributed by atoms with E-state index in [0.29, 0.717) is 40.7 Å². The average molecular weight is 451 g/mol. The molecule has 0 aliphatic carbocycles. The number of amides is 1. The molecule has 1 amide bonds. The number of hydrogen-bond donors (Lipinski definition) is 1. The summed E-state index contributed by atoms with van der Waals surface area (Å²) in [4.78, 5) is 14.4. The second-order valence-corrected chi connectivity index (χ2v) is 9.08. The number of nitrogens with two attached hydrogens (primary N) is 1. The Morgan fingerprint density at radius 3 is 2.63 bits per heavy atom. The molecule has 2 aromatic rings. The van der Waals surface area contributed by atoms with Gasteiger partial charge in [-0.3, -0.25) is 4.79 Å². The summed E-state index contributed by atoms with van der Waals surface area (Å²) in [5, 5.41) is 5.57. The van der Waals surface area contributed by atoms with E-state index in [2.05, 4.69) is 0 Å². The Morgan fingerprint density at radius 1 is 1.27 bits per heavy atom. The van der Waals surface area contributed by atoms with Crippen LogP contribution < -0.4 is 19.5 Å². The zero-order valence-corrected chi connectivity index (χ0v) is 18.5. The summed E-state index contributed by atoms with van der Waals surface area (Å²) >= 11 is 6.32. The number of carbonyl (C=O) groups excluding carboxylic acids is 1. The first-order chi connectivity index (χ1) is 14.1. The van der Waals surface area contributed by atoms with Crippen molar-refractivity contribution in [3.05, 3.63) is 52.6 Å². The summed E-state index contributed by atoms with van der Waals surface area (Å²) in [5.74, 6) is 0.705. The van der Waals surface area contributed by atoms with Crippen molar-refractivity contribution in [2.45, 2.75) is 31.3 Å². The number of sulfonamides is 1. The van der Waals surface area contributed by atoms with Gasteiger partial charge in [0.05, 0.1) is 23.1 Å². The van der Waals surface area contributed by atoms with Crippen molar-refractivity contribution in [3.63, 3.8) is 0 Å². The molecule has 2 aromatic carbocycles. The number of primary sulfonamides is 1. The molecule has 0 fully saturated rings. The fourth-order valence-electron chi connectivity index (χ4n) is 3.23. The maximum Gasteiger partial charge on any atom is 0.251 e. The van der Waals surface area contributed by atoms with Gasteiger partial charge in [-0.2, -0.15) is 0 Å². The molecule has 3 rings (SSSR count). The maximum absolute atomic E-state index is 12.7. The highest BCUT2D eigenvalue weighted by molar-refractivity contribution is 7.89. The van der Waals surface area contributed by atoms with Gasteiger partial charge < -0.3 is 14.4 Å². The zero-order valence-electron chi connectivity index (χ0n) is 16.9. The lowest BCUT2D eigenvalue weighted by Crippen LogP contribution is -2.26. The summed E-state index contributed by atoms with van der Waals surface area (Å²) in [6, 6.07) is 7.96. The smallest absolute Gasteiger partial charge is 0.251 e. The first-order valence-electron chi connectivity index (χ1n) is 9.29. The average Bonchev–Trinajstić information content (AvgIpc) is 3.10. The number of fused-ring (bicyclic) bond motifs is 1. The molecule has 0 bridgehead atoms. The molecule has 9 heteroatoms. The van der Waals surface area contributed by atoms with E-state index < -0.39 is 10.0 Å². The van der Waals surface area contributed by atoms with Gasteiger partial charge in [0.25, 0.3) is 5.91 Å². The van der Waals surface area contributed by atoms with E-state index >= 15 is 0 Å². The van der Waals surface area contributed by atoms with Crippen LogP contribution >= 0.6 is 11.6 Å². The van der Waals surface area contributed by atoms with E-state index in [-0.39, 0.29) is 16.9 Å². The molecular weight excluding hydrogens is 428 g/mol. The van der Waals surface area contributed by atoms with Crippen molar-refractivity contribution in [1.82, 2.24) is 0 Å². The van der Waals surface area contributed by atoms with Crippen molar-refractivity contribution in [3.8, 4) is 11.5 Å². The SMILES string of the molecule is COc1cc(/C=C/C(=O)N2CCc3cc(S(N)(=O)=O)ccc32)cc(Cl)c1OC(C)C. The lowest BCUT2D eigenvalue weighted by atomic mass is 10.1. The van der Waals surface area contributed by atoms with E-state index in [1.807, 2.05) is 13.8 Å². The first kappa shape index (κ1) is 22.1. The van der Waals surface area contributed by atoms with Crippen LogP contribution in [0.3, 0.4) is 0 Å². The molecule has 160 valence electrons. The van der Waals surface area contributed by atoms with Crippen molar-refractivity contribution < 1.29 is 22.7 Å². The van der Waals surface area contributed by atoms with Gasteiger partial charge >= 0.3 is 0 Å². The molecule has 1 aliphatic rings. The molecule has 0 spiro atoms. The predicted molar refractivity (Wildman–Crippen MR) is 117 cm³/mol. The monoisotopic (exact) mass is 450 g/mol. The minimum atomic E-state index is -3.78. The Labute approximate surface area is 181 Å². The third-order valence-corrected chi connectivity index (χ3v) is 5.76. The summed E-state index contributed by atoms with van der Waals surface area (Å²) < 4.78 is 34.1. The Morgan fingerprint density at radius 2 is 2.00 bits per heavy atom. The lowest BCUT2D eigenvalue weighted by Gasteiger charge is -2.16. The number of benzene rings is 2. The highest BCUT2D eigenvalue weighted by Gasteiger charge is 2.24. The highest BCUT2D eigenvalue weighted by Crippen LogP contribution is 2.37.